The summed E-state index contributed by atoms with van der Waals surface area (Å²) in [7, 11) is 1.50. The Hall–Kier alpha value is -3.21. The standard InChI is InChI=1S/C19H16N2O3/c1-23-17-12-7-11-16(21-17)19(22)24-18(14-8-3-2-4-9-14)15-10-5-6-13-20-15/h2-13,18H,1H3/t18-/m1/s1. The number of benzene rings is 1. The van der Waals surface area contributed by atoms with Gasteiger partial charge in [0.2, 0.25) is 5.88 Å². The number of esters is 1. The number of hydrogen-bond acceptors (Lipinski definition) is 5. The van der Waals surface area contributed by atoms with Crippen LogP contribution in [0.4, 0.5) is 0 Å². The van der Waals surface area contributed by atoms with Crippen molar-refractivity contribution in [3.05, 3.63) is 89.9 Å². The van der Waals surface area contributed by atoms with Gasteiger partial charge in [0.15, 0.2) is 11.8 Å². The SMILES string of the molecule is COc1cccc(C(=O)O[C@H](c2ccccc2)c2ccccn2)n1. The molecule has 1 aromatic carbocycles. The van der Waals surface area contributed by atoms with Crippen LogP contribution in [0.3, 0.4) is 0 Å². The lowest BCUT2D eigenvalue weighted by molar-refractivity contribution is 0.0362. The predicted molar refractivity (Wildman–Crippen MR) is 88.7 cm³/mol. The van der Waals surface area contributed by atoms with Gasteiger partial charge < -0.3 is 9.47 Å². The average molecular weight is 320 g/mol. The Balaban J connectivity index is 1.91. The Bertz CT molecular complexity index is 768. The molecule has 120 valence electrons. The van der Waals surface area contributed by atoms with Crippen molar-refractivity contribution >= 4 is 5.97 Å². The number of rotatable bonds is 5. The van der Waals surface area contributed by atoms with E-state index in [1.54, 1.807) is 24.4 Å². The van der Waals surface area contributed by atoms with Gasteiger partial charge in [0.05, 0.1) is 12.8 Å². The van der Waals surface area contributed by atoms with Crippen LogP contribution < -0.4 is 4.74 Å². The zero-order chi connectivity index (χ0) is 16.8. The summed E-state index contributed by atoms with van der Waals surface area (Å²) in [4.78, 5) is 20.9. The van der Waals surface area contributed by atoms with Crippen LogP contribution in [0, 0.1) is 0 Å². The van der Waals surface area contributed by atoms with E-state index >= 15 is 0 Å². The number of nitrogens with zero attached hydrogens (tertiary/aromatic N) is 2. The molecule has 0 aliphatic carbocycles. The summed E-state index contributed by atoms with van der Waals surface area (Å²) < 4.78 is 10.7. The highest BCUT2D eigenvalue weighted by Gasteiger charge is 2.22. The molecule has 3 rings (SSSR count). The van der Waals surface area contributed by atoms with Crippen molar-refractivity contribution < 1.29 is 14.3 Å². The van der Waals surface area contributed by atoms with Crippen molar-refractivity contribution in [1.82, 2.24) is 9.97 Å². The first kappa shape index (κ1) is 15.7. The van der Waals surface area contributed by atoms with Crippen LogP contribution in [0.2, 0.25) is 0 Å². The first-order valence-electron chi connectivity index (χ1n) is 7.46. The summed E-state index contributed by atoms with van der Waals surface area (Å²) in [6, 6.07) is 19.9. The summed E-state index contributed by atoms with van der Waals surface area (Å²) in [5.74, 6) is -0.174. The minimum Gasteiger partial charge on any atom is -0.481 e. The highest BCUT2D eigenvalue weighted by atomic mass is 16.5. The van der Waals surface area contributed by atoms with Crippen LogP contribution in [0.15, 0.2) is 72.9 Å². The van der Waals surface area contributed by atoms with E-state index in [0.29, 0.717) is 11.6 Å². The topological polar surface area (TPSA) is 61.3 Å². The van der Waals surface area contributed by atoms with Gasteiger partial charge in [-0.3, -0.25) is 4.98 Å². The number of aromatic nitrogens is 2. The van der Waals surface area contributed by atoms with Crippen LogP contribution in [-0.2, 0) is 4.74 Å². The molecule has 0 fully saturated rings. The first-order valence-corrected chi connectivity index (χ1v) is 7.46. The molecule has 3 aromatic rings. The maximum Gasteiger partial charge on any atom is 0.358 e. The van der Waals surface area contributed by atoms with Crippen molar-refractivity contribution in [2.75, 3.05) is 7.11 Å². The Morgan fingerprint density at radius 1 is 0.958 bits per heavy atom. The van der Waals surface area contributed by atoms with Gasteiger partial charge in [-0.2, -0.15) is 0 Å². The number of hydrogen-bond donors (Lipinski definition) is 0. The number of carbonyl (C=O) groups excluding carboxylic acids is 1. The van der Waals surface area contributed by atoms with E-state index in [1.165, 1.54) is 7.11 Å². The number of methoxy groups -OCH3 is 1. The van der Waals surface area contributed by atoms with Crippen LogP contribution in [-0.4, -0.2) is 23.0 Å². The molecule has 2 heterocycles. The number of ether oxygens (including phenoxy) is 2. The fraction of sp³-hybridized carbons (Fsp3) is 0.105. The lowest BCUT2D eigenvalue weighted by Gasteiger charge is -2.17. The molecule has 0 N–H and O–H groups in total. The molecule has 0 unspecified atom stereocenters. The molecule has 0 spiro atoms. The zero-order valence-electron chi connectivity index (χ0n) is 13.1. The Morgan fingerprint density at radius 3 is 2.46 bits per heavy atom. The molecule has 0 amide bonds. The summed E-state index contributed by atoms with van der Waals surface area (Å²) in [6.45, 7) is 0. The molecular formula is C19H16N2O3. The normalized spacial score (nSPS) is 11.5. The molecule has 24 heavy (non-hydrogen) atoms. The quantitative estimate of drug-likeness (QED) is 0.674. The van der Waals surface area contributed by atoms with Crippen LogP contribution in [0.1, 0.15) is 27.8 Å². The van der Waals surface area contributed by atoms with E-state index in [2.05, 4.69) is 9.97 Å². The highest BCUT2D eigenvalue weighted by Crippen LogP contribution is 2.25. The van der Waals surface area contributed by atoms with Crippen LogP contribution in [0.25, 0.3) is 0 Å². The Labute approximate surface area is 139 Å². The summed E-state index contributed by atoms with van der Waals surface area (Å²) in [5.41, 5.74) is 1.68. The molecule has 0 aliphatic heterocycles. The largest absolute Gasteiger partial charge is 0.481 e. The lowest BCUT2D eigenvalue weighted by Crippen LogP contribution is -2.15. The van der Waals surface area contributed by atoms with Crippen LogP contribution >= 0.6 is 0 Å². The van der Waals surface area contributed by atoms with Gasteiger partial charge in [-0.25, -0.2) is 9.78 Å². The molecule has 0 aliphatic rings. The highest BCUT2D eigenvalue weighted by molar-refractivity contribution is 5.87. The van der Waals surface area contributed by atoms with Gasteiger partial charge in [0.25, 0.3) is 0 Å². The van der Waals surface area contributed by atoms with E-state index in [9.17, 15) is 4.79 Å². The third kappa shape index (κ3) is 3.57. The van der Waals surface area contributed by atoms with E-state index < -0.39 is 12.1 Å². The smallest absolute Gasteiger partial charge is 0.358 e. The van der Waals surface area contributed by atoms with Gasteiger partial charge in [-0.15, -0.1) is 0 Å². The second-order valence-electron chi connectivity index (χ2n) is 5.02. The second kappa shape index (κ2) is 7.37. The lowest BCUT2D eigenvalue weighted by atomic mass is 10.1. The molecule has 5 nitrogen and oxygen atoms in total. The fourth-order valence-corrected chi connectivity index (χ4v) is 2.27. The van der Waals surface area contributed by atoms with Crippen molar-refractivity contribution in [3.63, 3.8) is 0 Å². The Kier molecular flexibility index (Phi) is 4.81. The monoisotopic (exact) mass is 320 g/mol. The maximum absolute atomic E-state index is 12.5. The van der Waals surface area contributed by atoms with Gasteiger partial charge in [0.1, 0.15) is 0 Å². The van der Waals surface area contributed by atoms with E-state index in [1.807, 2.05) is 48.5 Å². The van der Waals surface area contributed by atoms with Crippen LogP contribution in [0.5, 0.6) is 5.88 Å². The van der Waals surface area contributed by atoms with E-state index in [-0.39, 0.29) is 5.69 Å². The summed E-state index contributed by atoms with van der Waals surface area (Å²) >= 11 is 0. The van der Waals surface area contributed by atoms with Gasteiger partial charge in [-0.1, -0.05) is 42.5 Å². The summed E-state index contributed by atoms with van der Waals surface area (Å²) in [5, 5.41) is 0. The van der Waals surface area contributed by atoms with Crippen molar-refractivity contribution in [2.24, 2.45) is 0 Å². The number of pyridine rings is 2. The second-order valence-corrected chi connectivity index (χ2v) is 5.02. The van der Waals surface area contributed by atoms with Crippen molar-refractivity contribution in [2.45, 2.75) is 6.10 Å². The van der Waals surface area contributed by atoms with Gasteiger partial charge >= 0.3 is 5.97 Å². The molecule has 1 atom stereocenters. The minimum absolute atomic E-state index is 0.186. The van der Waals surface area contributed by atoms with Crippen molar-refractivity contribution in [1.29, 1.82) is 0 Å². The first-order chi connectivity index (χ1) is 11.8. The van der Waals surface area contributed by atoms with Gasteiger partial charge in [0, 0.05) is 12.3 Å². The van der Waals surface area contributed by atoms with Gasteiger partial charge in [-0.05, 0) is 23.8 Å². The fourth-order valence-electron chi connectivity index (χ4n) is 2.27. The minimum atomic E-state index is -0.604. The molecule has 0 radical (unpaired) electrons. The molecular weight excluding hydrogens is 304 g/mol. The third-order valence-electron chi connectivity index (χ3n) is 3.43. The van der Waals surface area contributed by atoms with E-state index in [0.717, 1.165) is 5.56 Å². The van der Waals surface area contributed by atoms with E-state index in [4.69, 9.17) is 9.47 Å². The molecule has 5 heteroatoms. The summed E-state index contributed by atoms with van der Waals surface area (Å²) in [6.07, 6.45) is 1.07. The average Bonchev–Trinajstić information content (AvgIpc) is 2.67. The maximum atomic E-state index is 12.5. The molecule has 2 aromatic heterocycles. The molecule has 0 saturated carbocycles. The Morgan fingerprint density at radius 2 is 1.75 bits per heavy atom. The number of carbonyl (C=O) groups is 1. The van der Waals surface area contributed by atoms with Crippen molar-refractivity contribution in [3.8, 4) is 5.88 Å². The molecule has 0 saturated heterocycles. The predicted octanol–water partition coefficient (Wildman–Crippen LogP) is 3.43. The zero-order valence-corrected chi connectivity index (χ0v) is 13.1. The third-order valence-corrected chi connectivity index (χ3v) is 3.43. The molecule has 0 bridgehead atoms.